The van der Waals surface area contributed by atoms with Gasteiger partial charge in [0.2, 0.25) is 0 Å². The highest BCUT2D eigenvalue weighted by atomic mass is 16.5. The van der Waals surface area contributed by atoms with Gasteiger partial charge in [-0.3, -0.25) is 9.59 Å². The van der Waals surface area contributed by atoms with E-state index in [2.05, 4.69) is 26.0 Å². The van der Waals surface area contributed by atoms with Crippen LogP contribution in [0.1, 0.15) is 48.6 Å². The molecule has 0 aromatic carbocycles. The Morgan fingerprint density at radius 1 is 1.22 bits per heavy atom. The molecule has 1 saturated heterocycles. The molecule has 11 nitrogen and oxygen atoms in total. The molecule has 0 bridgehead atoms. The number of methoxy groups -OCH3 is 1. The number of nitrogens with one attached hydrogen (secondary N) is 3. The van der Waals surface area contributed by atoms with Crippen LogP contribution in [0.3, 0.4) is 0 Å². The van der Waals surface area contributed by atoms with Gasteiger partial charge >= 0.3 is 0 Å². The predicted molar refractivity (Wildman–Crippen MR) is 134 cm³/mol. The van der Waals surface area contributed by atoms with Crippen molar-refractivity contribution in [2.45, 2.75) is 56.4 Å². The molecule has 3 fully saturated rings. The minimum absolute atomic E-state index is 0.00683. The van der Waals surface area contributed by atoms with E-state index in [1.54, 1.807) is 37.1 Å². The molecule has 6 rings (SSSR count). The molecule has 1 aliphatic heterocycles. The van der Waals surface area contributed by atoms with Crippen molar-refractivity contribution in [1.29, 1.82) is 0 Å². The number of rotatable bonds is 7. The quantitative estimate of drug-likeness (QED) is 0.458. The van der Waals surface area contributed by atoms with Gasteiger partial charge in [-0.2, -0.15) is 0 Å². The van der Waals surface area contributed by atoms with Gasteiger partial charge in [0.05, 0.1) is 30.1 Å². The third kappa shape index (κ3) is 3.92. The fourth-order valence-corrected chi connectivity index (χ4v) is 5.72. The molecule has 0 spiro atoms. The van der Waals surface area contributed by atoms with Crippen molar-refractivity contribution < 1.29 is 14.3 Å². The summed E-state index contributed by atoms with van der Waals surface area (Å²) >= 11 is 0. The van der Waals surface area contributed by atoms with Gasteiger partial charge in [0, 0.05) is 39.1 Å². The van der Waals surface area contributed by atoms with Gasteiger partial charge in [0.25, 0.3) is 11.5 Å². The molecule has 11 heteroatoms. The monoisotopic (exact) mass is 493 g/mol. The van der Waals surface area contributed by atoms with E-state index in [4.69, 9.17) is 9.47 Å². The van der Waals surface area contributed by atoms with Crippen LogP contribution in [0.2, 0.25) is 0 Å². The number of aromatic nitrogens is 4. The largest absolute Gasteiger partial charge is 0.385 e. The van der Waals surface area contributed by atoms with Crippen molar-refractivity contribution in [2.24, 2.45) is 5.92 Å². The Hall–Kier alpha value is -3.44. The fourth-order valence-electron chi connectivity index (χ4n) is 5.72. The molecule has 2 aliphatic carbocycles. The molecule has 0 unspecified atom stereocenters. The Kier molecular flexibility index (Phi) is 5.88. The Morgan fingerprint density at radius 2 is 2.08 bits per heavy atom. The number of hydrogen-bond acceptors (Lipinski definition) is 8. The first-order valence-corrected chi connectivity index (χ1v) is 12.6. The number of anilines is 3. The maximum atomic E-state index is 13.2. The van der Waals surface area contributed by atoms with E-state index in [1.165, 1.54) is 10.7 Å². The normalized spacial score (nSPS) is 27.0. The molecule has 1 amide bonds. The molecular formula is C25H31N7O4. The number of nitrogens with zero attached hydrogens (tertiary/aromatic N) is 4. The molecular weight excluding hydrogens is 462 g/mol. The summed E-state index contributed by atoms with van der Waals surface area (Å²) in [5, 5.41) is 14.0. The molecule has 0 radical (unpaired) electrons. The van der Waals surface area contributed by atoms with E-state index in [1.807, 2.05) is 6.07 Å². The second kappa shape index (κ2) is 9.21. The average Bonchev–Trinajstić information content (AvgIpc) is 3.57. The zero-order valence-corrected chi connectivity index (χ0v) is 20.4. The zero-order chi connectivity index (χ0) is 24.8. The number of fused-ring (bicyclic) bond motifs is 2. The lowest BCUT2D eigenvalue weighted by atomic mass is 9.89. The Morgan fingerprint density at radius 3 is 2.89 bits per heavy atom. The van der Waals surface area contributed by atoms with Gasteiger partial charge in [-0.25, -0.2) is 9.50 Å². The summed E-state index contributed by atoms with van der Waals surface area (Å²) in [6.07, 6.45) is 8.28. The maximum absolute atomic E-state index is 13.2. The highest BCUT2D eigenvalue weighted by Crippen LogP contribution is 2.36. The highest BCUT2D eigenvalue weighted by Gasteiger charge is 2.41. The van der Waals surface area contributed by atoms with Crippen LogP contribution in [-0.4, -0.2) is 64.1 Å². The highest BCUT2D eigenvalue weighted by molar-refractivity contribution is 5.94. The third-order valence-corrected chi connectivity index (χ3v) is 7.83. The van der Waals surface area contributed by atoms with E-state index >= 15 is 0 Å². The van der Waals surface area contributed by atoms with Gasteiger partial charge in [-0.15, -0.1) is 5.10 Å². The van der Waals surface area contributed by atoms with Crippen LogP contribution in [0.4, 0.5) is 17.2 Å². The van der Waals surface area contributed by atoms with Gasteiger partial charge < -0.3 is 30.0 Å². The van der Waals surface area contributed by atoms with Gasteiger partial charge in [-0.05, 0) is 50.2 Å². The van der Waals surface area contributed by atoms with Crippen molar-refractivity contribution in [2.75, 3.05) is 31.4 Å². The van der Waals surface area contributed by atoms with Crippen molar-refractivity contribution in [1.82, 2.24) is 24.5 Å². The summed E-state index contributed by atoms with van der Waals surface area (Å²) in [7, 11) is 3.47. The summed E-state index contributed by atoms with van der Waals surface area (Å²) in [5.74, 6) is 0.713. The van der Waals surface area contributed by atoms with Crippen molar-refractivity contribution in [3.63, 3.8) is 0 Å². The minimum Gasteiger partial charge on any atom is -0.385 e. The molecule has 2 saturated carbocycles. The van der Waals surface area contributed by atoms with Gasteiger partial charge in [-0.1, -0.05) is 0 Å². The SMILES string of the molecule is CNc1cc(Nc2cccn(C3CC(OC)C3)c2=O)nn2c(C(=O)N[C@@H]3CC[C@H]4CCO[C@H]43)cnc12. The molecule has 190 valence electrons. The lowest BCUT2D eigenvalue weighted by Crippen LogP contribution is -2.41. The Bertz CT molecular complexity index is 1350. The van der Waals surface area contributed by atoms with Crippen LogP contribution in [-0.2, 0) is 9.47 Å². The number of carbonyl (C=O) groups is 1. The zero-order valence-electron chi connectivity index (χ0n) is 20.4. The number of hydrogen-bond donors (Lipinski definition) is 3. The molecule has 3 N–H and O–H groups in total. The standard InChI is InChI=1S/C25H31N7O4/c1-26-19-12-21(28-18-4-3-8-31(25(18)34)15-10-16(11-15)35-2)30-32-20(13-27-23(19)32)24(33)29-17-6-5-14-7-9-36-22(14)17/h3-4,8,12-17,22,26H,5-7,9-11H2,1-2H3,(H,28,30)(H,29,33)/t14-,15?,16?,17+,22+/m0/s1. The molecule has 3 atom stereocenters. The summed E-state index contributed by atoms with van der Waals surface area (Å²) in [6.45, 7) is 0.758. The van der Waals surface area contributed by atoms with Crippen LogP contribution in [0.5, 0.6) is 0 Å². The van der Waals surface area contributed by atoms with Crippen LogP contribution in [0.25, 0.3) is 5.65 Å². The van der Waals surface area contributed by atoms with Gasteiger partial charge in [0.15, 0.2) is 17.2 Å². The molecule has 3 aliphatic rings. The predicted octanol–water partition coefficient (Wildman–Crippen LogP) is 2.32. The lowest BCUT2D eigenvalue weighted by molar-refractivity contribution is 0.00522. The first-order valence-electron chi connectivity index (χ1n) is 12.6. The smallest absolute Gasteiger partial charge is 0.274 e. The maximum Gasteiger partial charge on any atom is 0.274 e. The van der Waals surface area contributed by atoms with Gasteiger partial charge in [0.1, 0.15) is 5.69 Å². The number of pyridine rings is 1. The second-order valence-corrected chi connectivity index (χ2v) is 9.86. The molecule has 4 heterocycles. The lowest BCUT2D eigenvalue weighted by Gasteiger charge is -2.35. The first-order chi connectivity index (χ1) is 17.6. The van der Waals surface area contributed by atoms with Crippen LogP contribution < -0.4 is 21.5 Å². The molecule has 36 heavy (non-hydrogen) atoms. The van der Waals surface area contributed by atoms with Crippen molar-refractivity contribution >= 4 is 28.7 Å². The number of amides is 1. The van der Waals surface area contributed by atoms with E-state index in [9.17, 15) is 9.59 Å². The minimum atomic E-state index is -0.241. The molecule has 3 aromatic heterocycles. The average molecular weight is 494 g/mol. The van der Waals surface area contributed by atoms with Crippen molar-refractivity contribution in [3.8, 4) is 0 Å². The van der Waals surface area contributed by atoms with E-state index in [0.29, 0.717) is 34.5 Å². The Labute approximate surface area is 208 Å². The van der Waals surface area contributed by atoms with E-state index in [-0.39, 0.29) is 35.8 Å². The van der Waals surface area contributed by atoms with Crippen molar-refractivity contribution in [3.05, 3.63) is 46.6 Å². The second-order valence-electron chi connectivity index (χ2n) is 9.86. The van der Waals surface area contributed by atoms with Crippen LogP contribution in [0, 0.1) is 5.92 Å². The van der Waals surface area contributed by atoms with E-state index < -0.39 is 0 Å². The van der Waals surface area contributed by atoms with Crippen LogP contribution in [0.15, 0.2) is 35.4 Å². The molecule has 3 aromatic rings. The summed E-state index contributed by atoms with van der Waals surface area (Å²) in [6, 6.07) is 5.47. The topological polar surface area (TPSA) is 124 Å². The third-order valence-electron chi connectivity index (χ3n) is 7.83. The number of ether oxygens (including phenoxy) is 2. The van der Waals surface area contributed by atoms with E-state index in [0.717, 1.165) is 38.7 Å². The number of carbonyl (C=O) groups excluding carboxylic acids is 1. The fraction of sp³-hybridized carbons (Fsp3) is 0.520. The first kappa shape index (κ1) is 23.0. The number of imidazole rings is 1. The summed E-state index contributed by atoms with van der Waals surface area (Å²) in [5.41, 5.74) is 1.83. The Balaban J connectivity index is 1.27. The summed E-state index contributed by atoms with van der Waals surface area (Å²) in [4.78, 5) is 30.8. The van der Waals surface area contributed by atoms with Crippen LogP contribution >= 0.6 is 0 Å². The summed E-state index contributed by atoms with van der Waals surface area (Å²) < 4.78 is 14.5.